The highest BCUT2D eigenvalue weighted by Crippen LogP contribution is 2.22. The molecule has 1 heterocycles. The number of halogens is 1. The van der Waals surface area contributed by atoms with Gasteiger partial charge in [-0.25, -0.2) is 4.39 Å². The lowest BCUT2D eigenvalue weighted by atomic mass is 10.2. The van der Waals surface area contributed by atoms with Crippen LogP contribution in [0.1, 0.15) is 0 Å². The van der Waals surface area contributed by atoms with E-state index >= 15 is 0 Å². The molecule has 0 radical (unpaired) electrons. The Morgan fingerprint density at radius 3 is 2.79 bits per heavy atom. The average Bonchev–Trinajstić information content (AvgIpc) is 2.51. The van der Waals surface area contributed by atoms with E-state index in [1.54, 1.807) is 7.05 Å². The first-order valence-corrected chi connectivity index (χ1v) is 3.96. The summed E-state index contributed by atoms with van der Waals surface area (Å²) < 4.78 is 12.7. The Bertz CT molecular complexity index is 465. The van der Waals surface area contributed by atoms with Crippen LogP contribution >= 0.6 is 0 Å². The van der Waals surface area contributed by atoms with E-state index in [-0.39, 0.29) is 5.82 Å². The highest BCUT2D eigenvalue weighted by molar-refractivity contribution is 5.70. The average molecular weight is 193 g/mol. The zero-order valence-electron chi connectivity index (χ0n) is 7.48. The maximum Gasteiger partial charge on any atom is 0.206 e. The third kappa shape index (κ3) is 1.41. The van der Waals surface area contributed by atoms with Gasteiger partial charge in [0.25, 0.3) is 0 Å². The summed E-state index contributed by atoms with van der Waals surface area (Å²) >= 11 is 0. The first kappa shape index (κ1) is 8.61. The molecule has 6 heteroatoms. The fourth-order valence-electron chi connectivity index (χ4n) is 1.13. The van der Waals surface area contributed by atoms with Gasteiger partial charge in [-0.1, -0.05) is 0 Å². The number of aromatic nitrogens is 4. The van der Waals surface area contributed by atoms with Gasteiger partial charge < -0.3 is 5.73 Å². The molecule has 1 aromatic heterocycles. The van der Waals surface area contributed by atoms with Gasteiger partial charge in [-0.15, -0.1) is 10.2 Å². The number of anilines is 1. The van der Waals surface area contributed by atoms with Crippen molar-refractivity contribution in [3.05, 3.63) is 24.0 Å². The van der Waals surface area contributed by atoms with E-state index in [2.05, 4.69) is 15.4 Å². The zero-order valence-corrected chi connectivity index (χ0v) is 7.48. The number of tetrazole rings is 1. The van der Waals surface area contributed by atoms with Gasteiger partial charge in [-0.05, 0) is 23.4 Å². The monoisotopic (exact) mass is 193 g/mol. The van der Waals surface area contributed by atoms with Crippen LogP contribution in [0.25, 0.3) is 11.4 Å². The second-order valence-corrected chi connectivity index (χ2v) is 2.83. The van der Waals surface area contributed by atoms with Crippen molar-refractivity contribution in [1.29, 1.82) is 0 Å². The number of hydrogen-bond acceptors (Lipinski definition) is 4. The molecule has 5 nitrogen and oxygen atoms in total. The zero-order chi connectivity index (χ0) is 10.1. The fraction of sp³-hybridized carbons (Fsp3) is 0.125. The smallest absolute Gasteiger partial charge is 0.206 e. The molecule has 2 rings (SSSR count). The third-order valence-electron chi connectivity index (χ3n) is 1.76. The number of nitrogens with two attached hydrogens (primary N) is 1. The van der Waals surface area contributed by atoms with E-state index < -0.39 is 0 Å². The van der Waals surface area contributed by atoms with Crippen LogP contribution in [0.5, 0.6) is 0 Å². The summed E-state index contributed by atoms with van der Waals surface area (Å²) in [7, 11) is 1.65. The normalized spacial score (nSPS) is 10.4. The fourth-order valence-corrected chi connectivity index (χ4v) is 1.13. The number of nitrogens with zero attached hydrogens (tertiary/aromatic N) is 4. The number of rotatable bonds is 1. The lowest BCUT2D eigenvalue weighted by Crippen LogP contribution is -1.94. The molecule has 0 fully saturated rings. The Morgan fingerprint density at radius 1 is 1.43 bits per heavy atom. The molecule has 14 heavy (non-hydrogen) atoms. The molecule has 0 atom stereocenters. The summed E-state index contributed by atoms with van der Waals surface area (Å²) in [4.78, 5) is 1.32. The Kier molecular flexibility index (Phi) is 1.88. The van der Waals surface area contributed by atoms with Crippen molar-refractivity contribution in [2.75, 3.05) is 5.73 Å². The van der Waals surface area contributed by atoms with Crippen molar-refractivity contribution in [3.63, 3.8) is 0 Å². The minimum absolute atomic E-state index is 0.304. The van der Waals surface area contributed by atoms with Crippen molar-refractivity contribution in [3.8, 4) is 11.4 Å². The van der Waals surface area contributed by atoms with Crippen LogP contribution in [0.3, 0.4) is 0 Å². The first-order chi connectivity index (χ1) is 6.66. The molecule has 2 aromatic rings. The molecule has 0 aliphatic heterocycles. The topological polar surface area (TPSA) is 69.6 Å². The SMILES string of the molecule is Cn1nnc(-c2ccc(F)cc2N)n1. The van der Waals surface area contributed by atoms with Crippen molar-refractivity contribution < 1.29 is 4.39 Å². The standard InChI is InChI=1S/C8H8FN5/c1-14-12-8(11-13-14)6-3-2-5(9)4-7(6)10/h2-4H,10H2,1H3. The van der Waals surface area contributed by atoms with Gasteiger partial charge in [0.2, 0.25) is 5.82 Å². The van der Waals surface area contributed by atoms with E-state index in [0.29, 0.717) is 17.1 Å². The lowest BCUT2D eigenvalue weighted by Gasteiger charge is -1.99. The Labute approximate surface area is 79.3 Å². The Morgan fingerprint density at radius 2 is 2.21 bits per heavy atom. The number of hydrogen-bond donors (Lipinski definition) is 1. The Balaban J connectivity index is 2.52. The maximum atomic E-state index is 12.7. The van der Waals surface area contributed by atoms with Crippen molar-refractivity contribution >= 4 is 5.69 Å². The van der Waals surface area contributed by atoms with E-state index in [9.17, 15) is 4.39 Å². The van der Waals surface area contributed by atoms with E-state index in [1.807, 2.05) is 0 Å². The predicted octanol–water partition coefficient (Wildman–Crippen LogP) is 0.598. The first-order valence-electron chi connectivity index (χ1n) is 3.96. The molecule has 0 saturated carbocycles. The Hall–Kier alpha value is -1.98. The van der Waals surface area contributed by atoms with Gasteiger partial charge in [0.05, 0.1) is 7.05 Å². The van der Waals surface area contributed by atoms with Gasteiger partial charge in [0, 0.05) is 11.3 Å². The molecule has 2 N–H and O–H groups in total. The molecule has 0 spiro atoms. The van der Waals surface area contributed by atoms with Crippen LogP contribution in [0.4, 0.5) is 10.1 Å². The van der Waals surface area contributed by atoms with E-state index in [1.165, 1.54) is 23.0 Å². The lowest BCUT2D eigenvalue weighted by molar-refractivity contribution is 0.628. The molecule has 0 aliphatic rings. The summed E-state index contributed by atoms with van der Waals surface area (Å²) in [5, 5.41) is 11.4. The van der Waals surface area contributed by atoms with Crippen LogP contribution in [0, 0.1) is 5.82 Å². The van der Waals surface area contributed by atoms with Crippen LogP contribution < -0.4 is 5.73 Å². The van der Waals surface area contributed by atoms with Crippen LogP contribution in [-0.4, -0.2) is 20.2 Å². The van der Waals surface area contributed by atoms with Gasteiger partial charge in [-0.2, -0.15) is 4.80 Å². The minimum Gasteiger partial charge on any atom is -0.398 e. The molecule has 0 aliphatic carbocycles. The molecule has 0 amide bonds. The molecular formula is C8H8FN5. The molecule has 0 bridgehead atoms. The maximum absolute atomic E-state index is 12.7. The largest absolute Gasteiger partial charge is 0.398 e. The van der Waals surface area contributed by atoms with Crippen LogP contribution in [0.15, 0.2) is 18.2 Å². The molecular weight excluding hydrogens is 185 g/mol. The summed E-state index contributed by atoms with van der Waals surface area (Å²) in [6.07, 6.45) is 0. The van der Waals surface area contributed by atoms with Gasteiger partial charge in [-0.3, -0.25) is 0 Å². The highest BCUT2D eigenvalue weighted by atomic mass is 19.1. The highest BCUT2D eigenvalue weighted by Gasteiger charge is 2.08. The van der Waals surface area contributed by atoms with Gasteiger partial charge in [0.1, 0.15) is 5.82 Å². The van der Waals surface area contributed by atoms with Crippen molar-refractivity contribution in [2.45, 2.75) is 0 Å². The number of nitrogen functional groups attached to an aromatic ring is 1. The summed E-state index contributed by atoms with van der Waals surface area (Å²) in [6, 6.07) is 4.06. The van der Waals surface area contributed by atoms with Gasteiger partial charge in [0.15, 0.2) is 0 Å². The summed E-state index contributed by atoms with van der Waals surface area (Å²) in [6.45, 7) is 0. The summed E-state index contributed by atoms with van der Waals surface area (Å²) in [5.74, 6) is 0.0140. The second kappa shape index (κ2) is 3.06. The summed E-state index contributed by atoms with van der Waals surface area (Å²) in [5.41, 5.74) is 6.49. The molecule has 0 unspecified atom stereocenters. The van der Waals surface area contributed by atoms with Crippen LogP contribution in [0.2, 0.25) is 0 Å². The van der Waals surface area contributed by atoms with Crippen molar-refractivity contribution in [2.24, 2.45) is 7.05 Å². The molecule has 0 saturated heterocycles. The molecule has 72 valence electrons. The van der Waals surface area contributed by atoms with E-state index in [4.69, 9.17) is 5.73 Å². The number of benzene rings is 1. The second-order valence-electron chi connectivity index (χ2n) is 2.83. The van der Waals surface area contributed by atoms with E-state index in [0.717, 1.165) is 0 Å². The predicted molar refractivity (Wildman–Crippen MR) is 48.6 cm³/mol. The van der Waals surface area contributed by atoms with Crippen molar-refractivity contribution in [1.82, 2.24) is 20.2 Å². The minimum atomic E-state index is -0.379. The third-order valence-corrected chi connectivity index (χ3v) is 1.76. The van der Waals surface area contributed by atoms with Crippen LogP contribution in [-0.2, 0) is 7.05 Å². The van der Waals surface area contributed by atoms with Gasteiger partial charge >= 0.3 is 0 Å². The quantitative estimate of drug-likeness (QED) is 0.673. The molecule has 1 aromatic carbocycles. The number of aryl methyl sites for hydroxylation is 1.